The van der Waals surface area contributed by atoms with E-state index >= 15 is 0 Å². The highest BCUT2D eigenvalue weighted by Gasteiger charge is 2.32. The molecule has 1 fully saturated rings. The lowest BCUT2D eigenvalue weighted by Gasteiger charge is -2.36. The minimum atomic E-state index is -1.02. The smallest absolute Gasteiger partial charge is 0.409 e. The molecule has 1 saturated heterocycles. The fraction of sp³-hybridized carbons (Fsp3) is 0.545. The number of carbonyl (C=O) groups excluding carboxylic acids is 4. The van der Waals surface area contributed by atoms with E-state index in [0.717, 1.165) is 11.1 Å². The standard InChI is InChI=1S/C33H46N4O7/c1-7-43-31(41)37-19-17-36(18-20-37)30(40)25(13-14-28(38)44-32(2,3)4)35-29(39)27-22-23(15-16-33(5,6)42)21-26(34-27)24-11-9-8-10-12-24/h8-12,21-22,25,42H,7,13-20H2,1-6H3,(H,35,39). The molecule has 1 aliphatic heterocycles. The van der Waals surface area contributed by atoms with Crippen LogP contribution in [0.1, 0.15) is 76.9 Å². The SMILES string of the molecule is CCOC(=O)N1CCN(C(=O)C(CCC(=O)OC(C)(C)C)NC(=O)c2cc(CCC(C)(C)O)cc(-c3ccccc3)n2)CC1. The summed E-state index contributed by atoms with van der Waals surface area (Å²) in [5.74, 6) is -1.39. The third kappa shape index (κ3) is 10.9. The van der Waals surface area contributed by atoms with Gasteiger partial charge >= 0.3 is 12.1 Å². The Morgan fingerprint density at radius 1 is 0.977 bits per heavy atom. The van der Waals surface area contributed by atoms with Gasteiger partial charge in [0, 0.05) is 38.2 Å². The molecular weight excluding hydrogens is 564 g/mol. The van der Waals surface area contributed by atoms with Gasteiger partial charge in [-0.3, -0.25) is 14.4 Å². The van der Waals surface area contributed by atoms with E-state index in [1.54, 1.807) is 52.5 Å². The molecule has 1 unspecified atom stereocenters. The molecule has 0 radical (unpaired) electrons. The highest BCUT2D eigenvalue weighted by Crippen LogP contribution is 2.22. The third-order valence-corrected chi connectivity index (χ3v) is 6.99. The first kappa shape index (κ1) is 34.5. The highest BCUT2D eigenvalue weighted by atomic mass is 16.6. The Morgan fingerprint density at radius 3 is 2.20 bits per heavy atom. The van der Waals surface area contributed by atoms with Crippen molar-refractivity contribution in [2.45, 2.75) is 84.5 Å². The van der Waals surface area contributed by atoms with E-state index in [2.05, 4.69) is 10.3 Å². The van der Waals surface area contributed by atoms with Gasteiger partial charge in [0.1, 0.15) is 17.3 Å². The van der Waals surface area contributed by atoms with Gasteiger partial charge in [0.2, 0.25) is 5.91 Å². The number of piperazine rings is 1. The zero-order valence-electron chi connectivity index (χ0n) is 26.7. The monoisotopic (exact) mass is 610 g/mol. The van der Waals surface area contributed by atoms with Crippen LogP contribution < -0.4 is 5.32 Å². The number of rotatable bonds is 11. The number of hydrogen-bond donors (Lipinski definition) is 2. The molecule has 0 spiro atoms. The van der Waals surface area contributed by atoms with Gasteiger partial charge < -0.3 is 29.7 Å². The van der Waals surface area contributed by atoms with Crippen LogP contribution in [0.2, 0.25) is 0 Å². The number of pyridine rings is 1. The van der Waals surface area contributed by atoms with Gasteiger partial charge in [0.05, 0.1) is 17.9 Å². The molecule has 1 aromatic heterocycles. The van der Waals surface area contributed by atoms with Crippen LogP contribution in [0.4, 0.5) is 4.79 Å². The lowest BCUT2D eigenvalue weighted by molar-refractivity contribution is -0.155. The van der Waals surface area contributed by atoms with Crippen molar-refractivity contribution in [2.24, 2.45) is 0 Å². The first-order valence-corrected chi connectivity index (χ1v) is 15.2. The van der Waals surface area contributed by atoms with Gasteiger partial charge in [-0.25, -0.2) is 9.78 Å². The van der Waals surface area contributed by atoms with Gasteiger partial charge in [-0.05, 0) is 78.5 Å². The Hall–Kier alpha value is -3.99. The molecule has 1 aromatic carbocycles. The number of carbonyl (C=O) groups is 4. The number of esters is 1. The van der Waals surface area contributed by atoms with Crippen molar-refractivity contribution < 1.29 is 33.8 Å². The molecule has 0 bridgehead atoms. The number of nitrogens with one attached hydrogen (secondary N) is 1. The molecule has 0 saturated carbocycles. The van der Waals surface area contributed by atoms with E-state index in [4.69, 9.17) is 9.47 Å². The van der Waals surface area contributed by atoms with Crippen molar-refractivity contribution in [2.75, 3.05) is 32.8 Å². The summed E-state index contributed by atoms with van der Waals surface area (Å²) in [6.07, 6.45) is 0.505. The van der Waals surface area contributed by atoms with Crippen LogP contribution >= 0.6 is 0 Å². The fourth-order valence-electron chi connectivity index (χ4n) is 4.74. The maximum absolute atomic E-state index is 13.7. The first-order chi connectivity index (χ1) is 20.6. The zero-order chi connectivity index (χ0) is 32.5. The van der Waals surface area contributed by atoms with Gasteiger partial charge in [-0.15, -0.1) is 0 Å². The first-order valence-electron chi connectivity index (χ1n) is 15.2. The molecule has 1 atom stereocenters. The molecule has 3 amide bonds. The minimum Gasteiger partial charge on any atom is -0.460 e. The van der Waals surface area contributed by atoms with Crippen LogP contribution in [0.3, 0.4) is 0 Å². The largest absolute Gasteiger partial charge is 0.460 e. The predicted molar refractivity (Wildman–Crippen MR) is 166 cm³/mol. The average Bonchev–Trinajstić information content (AvgIpc) is 2.97. The van der Waals surface area contributed by atoms with Crippen molar-refractivity contribution in [3.8, 4) is 11.3 Å². The van der Waals surface area contributed by atoms with Crippen LogP contribution in [-0.4, -0.2) is 93.8 Å². The van der Waals surface area contributed by atoms with Gasteiger partial charge in [-0.2, -0.15) is 0 Å². The van der Waals surface area contributed by atoms with E-state index in [1.807, 2.05) is 36.4 Å². The highest BCUT2D eigenvalue weighted by molar-refractivity contribution is 5.97. The fourth-order valence-corrected chi connectivity index (χ4v) is 4.74. The molecule has 44 heavy (non-hydrogen) atoms. The number of aromatic nitrogens is 1. The van der Waals surface area contributed by atoms with Crippen LogP contribution in [0.5, 0.6) is 0 Å². The lowest BCUT2D eigenvalue weighted by Crippen LogP contribution is -2.56. The van der Waals surface area contributed by atoms with Crippen LogP contribution in [-0.2, 0) is 25.5 Å². The molecule has 1 aliphatic rings. The Kier molecular flexibility index (Phi) is 11.9. The maximum atomic E-state index is 13.7. The van der Waals surface area contributed by atoms with E-state index in [-0.39, 0.29) is 44.1 Å². The van der Waals surface area contributed by atoms with Crippen molar-refractivity contribution >= 4 is 23.9 Å². The van der Waals surface area contributed by atoms with Crippen LogP contribution in [0.25, 0.3) is 11.3 Å². The molecule has 3 rings (SSSR count). The molecule has 2 heterocycles. The second kappa shape index (κ2) is 15.1. The third-order valence-electron chi connectivity index (χ3n) is 6.99. The predicted octanol–water partition coefficient (Wildman–Crippen LogP) is 3.97. The summed E-state index contributed by atoms with van der Waals surface area (Å²) in [6, 6.07) is 12.0. The summed E-state index contributed by atoms with van der Waals surface area (Å²) in [5.41, 5.74) is 0.774. The number of aryl methyl sites for hydroxylation is 1. The lowest BCUT2D eigenvalue weighted by atomic mass is 9.97. The zero-order valence-corrected chi connectivity index (χ0v) is 26.7. The summed E-state index contributed by atoms with van der Waals surface area (Å²) in [7, 11) is 0. The molecule has 11 nitrogen and oxygen atoms in total. The number of benzene rings is 1. The number of hydrogen-bond acceptors (Lipinski definition) is 8. The van der Waals surface area contributed by atoms with E-state index in [0.29, 0.717) is 31.6 Å². The van der Waals surface area contributed by atoms with Crippen molar-refractivity contribution in [3.63, 3.8) is 0 Å². The summed E-state index contributed by atoms with van der Waals surface area (Å²) in [6.45, 7) is 11.9. The molecule has 240 valence electrons. The van der Waals surface area contributed by atoms with Crippen LogP contribution in [0.15, 0.2) is 42.5 Å². The molecule has 2 N–H and O–H groups in total. The second-order valence-corrected chi connectivity index (χ2v) is 12.6. The van der Waals surface area contributed by atoms with E-state index in [1.165, 1.54) is 4.90 Å². The maximum Gasteiger partial charge on any atom is 0.409 e. The Bertz CT molecular complexity index is 1290. The summed E-state index contributed by atoms with van der Waals surface area (Å²) < 4.78 is 10.5. The van der Waals surface area contributed by atoms with Crippen molar-refractivity contribution in [1.82, 2.24) is 20.1 Å². The molecule has 0 aliphatic carbocycles. The summed E-state index contributed by atoms with van der Waals surface area (Å²) >= 11 is 0. The average molecular weight is 611 g/mol. The minimum absolute atomic E-state index is 0.0293. The van der Waals surface area contributed by atoms with Gasteiger partial charge in [0.25, 0.3) is 5.91 Å². The molecular formula is C33H46N4O7. The Labute approximate surface area is 259 Å². The summed E-state index contributed by atoms with van der Waals surface area (Å²) in [5, 5.41) is 13.1. The van der Waals surface area contributed by atoms with Gasteiger partial charge in [-0.1, -0.05) is 30.3 Å². The van der Waals surface area contributed by atoms with Crippen LogP contribution in [0, 0.1) is 0 Å². The van der Waals surface area contributed by atoms with E-state index < -0.39 is 35.2 Å². The number of nitrogens with zero attached hydrogens (tertiary/aromatic N) is 3. The Balaban J connectivity index is 1.84. The quantitative estimate of drug-likeness (QED) is 0.365. The number of aliphatic hydroxyl groups is 1. The Morgan fingerprint density at radius 2 is 1.61 bits per heavy atom. The molecule has 2 aromatic rings. The molecule has 11 heteroatoms. The van der Waals surface area contributed by atoms with Crippen molar-refractivity contribution in [3.05, 3.63) is 53.7 Å². The number of ether oxygens (including phenoxy) is 2. The topological polar surface area (TPSA) is 138 Å². The summed E-state index contributed by atoms with van der Waals surface area (Å²) in [4.78, 5) is 59.8. The van der Waals surface area contributed by atoms with Gasteiger partial charge in [0.15, 0.2) is 0 Å². The van der Waals surface area contributed by atoms with Crippen molar-refractivity contribution in [1.29, 1.82) is 0 Å². The number of amides is 3. The normalized spacial score (nSPS) is 14.5. The second-order valence-electron chi connectivity index (χ2n) is 12.6. The van der Waals surface area contributed by atoms with E-state index in [9.17, 15) is 24.3 Å².